The van der Waals surface area contributed by atoms with Gasteiger partial charge in [-0.1, -0.05) is 12.1 Å². The molecular weight excluding hydrogens is 316 g/mol. The number of ether oxygens (including phenoxy) is 1. The van der Waals surface area contributed by atoms with E-state index < -0.39 is 0 Å². The summed E-state index contributed by atoms with van der Waals surface area (Å²) in [4.78, 5) is 23.6. The van der Waals surface area contributed by atoms with Gasteiger partial charge in [-0.15, -0.1) is 0 Å². The third-order valence-electron chi connectivity index (χ3n) is 4.85. The monoisotopic (exact) mass is 338 g/mol. The van der Waals surface area contributed by atoms with Crippen molar-refractivity contribution in [2.75, 3.05) is 25.1 Å². The number of hydrogen-bond donors (Lipinski definition) is 1. The minimum atomic E-state index is -0.356. The van der Waals surface area contributed by atoms with E-state index in [4.69, 9.17) is 4.74 Å². The summed E-state index contributed by atoms with van der Waals surface area (Å²) in [5.74, 6) is 0.773. The average Bonchev–Trinajstić information content (AvgIpc) is 2.58. The molecule has 1 amide bonds. The van der Waals surface area contributed by atoms with Gasteiger partial charge in [-0.05, 0) is 31.5 Å². The number of fused-ring (bicyclic) bond motifs is 1. The highest BCUT2D eigenvalue weighted by molar-refractivity contribution is 5.83. The Hall–Kier alpha value is -2.47. The third-order valence-corrected chi connectivity index (χ3v) is 4.85. The molecule has 130 valence electrons. The molecule has 25 heavy (non-hydrogen) atoms. The van der Waals surface area contributed by atoms with Gasteiger partial charge in [-0.3, -0.25) is 4.79 Å². The van der Waals surface area contributed by atoms with Crippen LogP contribution in [0.4, 0.5) is 11.6 Å². The SMILES string of the molecule is Cc1cccc(Nc2ncc3c(n2)CCN(C(=O)C2(C)COC2)C3)c1. The molecule has 2 aliphatic heterocycles. The molecule has 3 heterocycles. The first-order chi connectivity index (χ1) is 12.0. The average molecular weight is 338 g/mol. The van der Waals surface area contributed by atoms with Crippen molar-refractivity contribution in [1.29, 1.82) is 0 Å². The first kappa shape index (κ1) is 16.0. The molecule has 2 aliphatic rings. The minimum Gasteiger partial charge on any atom is -0.379 e. The Bertz CT molecular complexity index is 817. The zero-order chi connectivity index (χ0) is 17.4. The quantitative estimate of drug-likeness (QED) is 0.931. The van der Waals surface area contributed by atoms with Gasteiger partial charge in [-0.25, -0.2) is 9.97 Å². The van der Waals surface area contributed by atoms with Crippen LogP contribution in [0, 0.1) is 12.3 Å². The molecule has 1 N–H and O–H groups in total. The molecule has 0 unspecified atom stereocenters. The van der Waals surface area contributed by atoms with E-state index in [1.807, 2.05) is 30.2 Å². The van der Waals surface area contributed by atoms with Crippen molar-refractivity contribution in [3.8, 4) is 0 Å². The standard InChI is InChI=1S/C19H22N4O2/c1-13-4-3-5-15(8-13)21-18-20-9-14-10-23(7-6-16(14)22-18)17(24)19(2)11-25-12-19/h3-5,8-9H,6-7,10-12H2,1-2H3,(H,20,21,22). The second-order valence-corrected chi connectivity index (χ2v) is 7.19. The predicted molar refractivity (Wildman–Crippen MR) is 94.5 cm³/mol. The molecule has 1 aromatic heterocycles. The summed E-state index contributed by atoms with van der Waals surface area (Å²) >= 11 is 0. The fourth-order valence-electron chi connectivity index (χ4n) is 3.32. The molecule has 2 aromatic rings. The van der Waals surface area contributed by atoms with Crippen LogP contribution in [0.15, 0.2) is 30.5 Å². The summed E-state index contributed by atoms with van der Waals surface area (Å²) in [7, 11) is 0. The normalized spacial score (nSPS) is 18.2. The molecule has 0 saturated carbocycles. The Morgan fingerprint density at radius 3 is 2.92 bits per heavy atom. The van der Waals surface area contributed by atoms with E-state index in [0.717, 1.165) is 23.4 Å². The number of aryl methyl sites for hydroxylation is 1. The zero-order valence-electron chi connectivity index (χ0n) is 14.6. The Kier molecular flexibility index (Phi) is 3.92. The van der Waals surface area contributed by atoms with E-state index in [9.17, 15) is 4.79 Å². The van der Waals surface area contributed by atoms with E-state index in [-0.39, 0.29) is 11.3 Å². The van der Waals surface area contributed by atoms with Crippen molar-refractivity contribution in [3.63, 3.8) is 0 Å². The topological polar surface area (TPSA) is 67.4 Å². The van der Waals surface area contributed by atoms with Crippen LogP contribution in [0.2, 0.25) is 0 Å². The number of benzene rings is 1. The fraction of sp³-hybridized carbons (Fsp3) is 0.421. The molecular formula is C19H22N4O2. The highest BCUT2D eigenvalue weighted by atomic mass is 16.5. The summed E-state index contributed by atoms with van der Waals surface area (Å²) in [6, 6.07) is 8.12. The molecule has 1 fully saturated rings. The Labute approximate surface area is 147 Å². The van der Waals surface area contributed by atoms with E-state index in [0.29, 0.717) is 32.3 Å². The highest BCUT2D eigenvalue weighted by Crippen LogP contribution is 2.31. The molecule has 0 spiro atoms. The maximum atomic E-state index is 12.6. The van der Waals surface area contributed by atoms with Crippen LogP contribution in [-0.4, -0.2) is 40.5 Å². The Balaban J connectivity index is 1.48. The van der Waals surface area contributed by atoms with Gasteiger partial charge in [-0.2, -0.15) is 0 Å². The van der Waals surface area contributed by atoms with Crippen molar-refractivity contribution >= 4 is 17.5 Å². The minimum absolute atomic E-state index is 0.173. The van der Waals surface area contributed by atoms with Crippen LogP contribution in [0.5, 0.6) is 0 Å². The molecule has 4 rings (SSSR count). The van der Waals surface area contributed by atoms with Crippen molar-refractivity contribution in [2.24, 2.45) is 5.41 Å². The van der Waals surface area contributed by atoms with Crippen molar-refractivity contribution < 1.29 is 9.53 Å². The molecule has 1 saturated heterocycles. The third kappa shape index (κ3) is 3.09. The number of rotatable bonds is 3. The lowest BCUT2D eigenvalue weighted by atomic mass is 9.86. The number of aromatic nitrogens is 2. The Morgan fingerprint density at radius 2 is 2.20 bits per heavy atom. The second-order valence-electron chi connectivity index (χ2n) is 7.19. The van der Waals surface area contributed by atoms with Gasteiger partial charge in [0.05, 0.1) is 24.3 Å². The molecule has 0 bridgehead atoms. The summed E-state index contributed by atoms with van der Waals surface area (Å²) in [5, 5.41) is 3.25. The number of hydrogen-bond acceptors (Lipinski definition) is 5. The van der Waals surface area contributed by atoms with E-state index in [2.05, 4.69) is 34.3 Å². The van der Waals surface area contributed by atoms with Crippen molar-refractivity contribution in [1.82, 2.24) is 14.9 Å². The zero-order valence-corrected chi connectivity index (χ0v) is 14.6. The summed E-state index contributed by atoms with van der Waals surface area (Å²) < 4.78 is 5.22. The van der Waals surface area contributed by atoms with Crippen LogP contribution in [0.3, 0.4) is 0 Å². The van der Waals surface area contributed by atoms with Gasteiger partial charge in [0.2, 0.25) is 11.9 Å². The number of anilines is 2. The second kappa shape index (κ2) is 6.11. The van der Waals surface area contributed by atoms with Crippen LogP contribution in [0.1, 0.15) is 23.7 Å². The number of nitrogens with one attached hydrogen (secondary N) is 1. The Morgan fingerprint density at radius 1 is 1.36 bits per heavy atom. The lowest BCUT2D eigenvalue weighted by Crippen LogP contribution is -2.54. The molecule has 1 aromatic carbocycles. The van der Waals surface area contributed by atoms with Gasteiger partial charge in [0.1, 0.15) is 0 Å². The van der Waals surface area contributed by atoms with Crippen LogP contribution >= 0.6 is 0 Å². The number of carbonyl (C=O) groups excluding carboxylic acids is 1. The maximum absolute atomic E-state index is 12.6. The lowest BCUT2D eigenvalue weighted by Gasteiger charge is -2.41. The smallest absolute Gasteiger partial charge is 0.233 e. The summed E-state index contributed by atoms with van der Waals surface area (Å²) in [5.41, 5.74) is 3.85. The number of amides is 1. The molecule has 0 radical (unpaired) electrons. The summed E-state index contributed by atoms with van der Waals surface area (Å²) in [6.45, 7) is 6.34. The largest absolute Gasteiger partial charge is 0.379 e. The van der Waals surface area contributed by atoms with E-state index in [1.165, 1.54) is 5.56 Å². The van der Waals surface area contributed by atoms with Crippen molar-refractivity contribution in [3.05, 3.63) is 47.3 Å². The summed E-state index contributed by atoms with van der Waals surface area (Å²) in [6.07, 6.45) is 2.59. The van der Waals surface area contributed by atoms with E-state index in [1.54, 1.807) is 0 Å². The fourth-order valence-corrected chi connectivity index (χ4v) is 3.32. The van der Waals surface area contributed by atoms with Gasteiger partial charge < -0.3 is 15.0 Å². The van der Waals surface area contributed by atoms with Gasteiger partial charge in [0, 0.05) is 37.0 Å². The number of carbonyl (C=O) groups is 1. The van der Waals surface area contributed by atoms with Crippen LogP contribution in [0.25, 0.3) is 0 Å². The van der Waals surface area contributed by atoms with Gasteiger partial charge in [0.25, 0.3) is 0 Å². The predicted octanol–water partition coefficient (Wildman–Crippen LogP) is 2.45. The van der Waals surface area contributed by atoms with E-state index >= 15 is 0 Å². The first-order valence-electron chi connectivity index (χ1n) is 8.59. The number of nitrogens with zero attached hydrogens (tertiary/aromatic N) is 3. The first-order valence-corrected chi connectivity index (χ1v) is 8.59. The molecule has 6 heteroatoms. The molecule has 6 nitrogen and oxygen atoms in total. The van der Waals surface area contributed by atoms with Crippen LogP contribution in [-0.2, 0) is 22.5 Å². The van der Waals surface area contributed by atoms with Crippen molar-refractivity contribution in [2.45, 2.75) is 26.8 Å². The lowest BCUT2D eigenvalue weighted by molar-refractivity contribution is -0.169. The van der Waals surface area contributed by atoms with Gasteiger partial charge >= 0.3 is 0 Å². The maximum Gasteiger partial charge on any atom is 0.233 e. The van der Waals surface area contributed by atoms with Gasteiger partial charge in [0.15, 0.2) is 0 Å². The molecule has 0 atom stereocenters. The highest BCUT2D eigenvalue weighted by Gasteiger charge is 2.44. The molecule has 0 aliphatic carbocycles. The van der Waals surface area contributed by atoms with Crippen LogP contribution < -0.4 is 5.32 Å².